The summed E-state index contributed by atoms with van der Waals surface area (Å²) in [5.41, 5.74) is 1.05. The maximum atomic E-state index is 5.42. The number of nitrogens with one attached hydrogen (secondary N) is 2. The quantitative estimate of drug-likeness (QED) is 0.325. The summed E-state index contributed by atoms with van der Waals surface area (Å²) in [5.74, 6) is 2.12. The second-order valence-corrected chi connectivity index (χ2v) is 5.61. The standard InChI is InChI=1S/C17H33N5O.HI/c1-6-14(7-2)16-12-15(23-21-16)13-20-17(18-5)19-10-11-22(8-3)9-4;/h12,14H,6-11,13H2,1-5H3,(H2,18,19,20);1H. The molecular weight excluding hydrogens is 417 g/mol. The highest BCUT2D eigenvalue weighted by atomic mass is 127. The van der Waals surface area contributed by atoms with Crippen LogP contribution in [0.5, 0.6) is 0 Å². The molecule has 0 aliphatic rings. The van der Waals surface area contributed by atoms with Gasteiger partial charge < -0.3 is 20.1 Å². The second-order valence-electron chi connectivity index (χ2n) is 5.61. The summed E-state index contributed by atoms with van der Waals surface area (Å²) < 4.78 is 5.42. The van der Waals surface area contributed by atoms with Crippen LogP contribution in [0.3, 0.4) is 0 Å². The SMILES string of the molecule is CCC(CC)c1cc(CNC(=NC)NCCN(CC)CC)on1.I. The van der Waals surface area contributed by atoms with E-state index >= 15 is 0 Å². The number of aliphatic imine (C=N–C) groups is 1. The van der Waals surface area contributed by atoms with Crippen molar-refractivity contribution in [1.29, 1.82) is 0 Å². The van der Waals surface area contributed by atoms with E-state index in [0.717, 1.165) is 56.4 Å². The molecule has 1 aromatic heterocycles. The minimum atomic E-state index is 0. The maximum absolute atomic E-state index is 5.42. The van der Waals surface area contributed by atoms with Crippen molar-refractivity contribution in [2.75, 3.05) is 33.2 Å². The van der Waals surface area contributed by atoms with E-state index in [4.69, 9.17) is 4.52 Å². The van der Waals surface area contributed by atoms with E-state index < -0.39 is 0 Å². The van der Waals surface area contributed by atoms with Crippen LogP contribution in [0.15, 0.2) is 15.6 Å². The lowest BCUT2D eigenvalue weighted by Crippen LogP contribution is -2.41. The number of hydrogen-bond donors (Lipinski definition) is 2. The minimum absolute atomic E-state index is 0. The number of aromatic nitrogens is 1. The largest absolute Gasteiger partial charge is 0.359 e. The van der Waals surface area contributed by atoms with Crippen molar-refractivity contribution in [3.8, 4) is 0 Å². The zero-order valence-corrected chi connectivity index (χ0v) is 18.1. The van der Waals surface area contributed by atoms with Crippen molar-refractivity contribution in [1.82, 2.24) is 20.7 Å². The van der Waals surface area contributed by atoms with Crippen LogP contribution in [0.2, 0.25) is 0 Å². The van der Waals surface area contributed by atoms with Gasteiger partial charge in [0.15, 0.2) is 11.7 Å². The average Bonchev–Trinajstić information content (AvgIpc) is 3.04. The third-order valence-corrected chi connectivity index (χ3v) is 4.25. The Kier molecular flexibility index (Phi) is 13.0. The van der Waals surface area contributed by atoms with Gasteiger partial charge in [0.1, 0.15) is 0 Å². The Balaban J connectivity index is 0.00000529. The zero-order chi connectivity index (χ0) is 17.1. The first-order chi connectivity index (χ1) is 11.2. The Morgan fingerprint density at radius 3 is 2.42 bits per heavy atom. The van der Waals surface area contributed by atoms with Crippen LogP contribution >= 0.6 is 24.0 Å². The van der Waals surface area contributed by atoms with E-state index in [-0.39, 0.29) is 24.0 Å². The molecule has 1 heterocycles. The fourth-order valence-corrected chi connectivity index (χ4v) is 2.58. The van der Waals surface area contributed by atoms with Crippen LogP contribution in [0.4, 0.5) is 0 Å². The van der Waals surface area contributed by atoms with Crippen molar-refractivity contribution in [2.45, 2.75) is 53.0 Å². The molecule has 2 N–H and O–H groups in total. The highest BCUT2D eigenvalue weighted by Gasteiger charge is 2.13. The first-order valence-electron chi connectivity index (χ1n) is 8.80. The molecule has 1 rings (SSSR count). The van der Waals surface area contributed by atoms with E-state index in [9.17, 15) is 0 Å². The van der Waals surface area contributed by atoms with Gasteiger partial charge in [-0.15, -0.1) is 24.0 Å². The van der Waals surface area contributed by atoms with E-state index in [1.807, 2.05) is 6.07 Å². The van der Waals surface area contributed by atoms with Gasteiger partial charge in [0.25, 0.3) is 0 Å². The molecular formula is C17H34IN5O. The normalized spacial score (nSPS) is 11.7. The predicted octanol–water partition coefficient (Wildman–Crippen LogP) is 3.20. The Labute approximate surface area is 163 Å². The molecule has 7 heteroatoms. The zero-order valence-electron chi connectivity index (χ0n) is 15.8. The molecule has 6 nitrogen and oxygen atoms in total. The van der Waals surface area contributed by atoms with Gasteiger partial charge in [-0.05, 0) is 25.9 Å². The van der Waals surface area contributed by atoms with Crippen LogP contribution in [0, 0.1) is 0 Å². The third kappa shape index (κ3) is 7.83. The molecule has 0 unspecified atom stereocenters. The molecule has 24 heavy (non-hydrogen) atoms. The van der Waals surface area contributed by atoms with E-state index in [2.05, 4.69) is 53.4 Å². The molecule has 0 atom stereocenters. The fraction of sp³-hybridized carbons (Fsp3) is 0.765. The van der Waals surface area contributed by atoms with Crippen molar-refractivity contribution >= 4 is 29.9 Å². The summed E-state index contributed by atoms with van der Waals surface area (Å²) in [4.78, 5) is 6.61. The molecule has 0 aliphatic carbocycles. The lowest BCUT2D eigenvalue weighted by Gasteiger charge is -2.19. The lowest BCUT2D eigenvalue weighted by molar-refractivity contribution is 0.308. The summed E-state index contributed by atoms with van der Waals surface area (Å²) in [7, 11) is 1.78. The van der Waals surface area contributed by atoms with Gasteiger partial charge >= 0.3 is 0 Å². The minimum Gasteiger partial charge on any atom is -0.359 e. The van der Waals surface area contributed by atoms with Crippen LogP contribution in [-0.2, 0) is 6.54 Å². The lowest BCUT2D eigenvalue weighted by atomic mass is 9.99. The van der Waals surface area contributed by atoms with Gasteiger partial charge in [0, 0.05) is 32.1 Å². The van der Waals surface area contributed by atoms with E-state index in [0.29, 0.717) is 12.5 Å². The van der Waals surface area contributed by atoms with Crippen LogP contribution in [-0.4, -0.2) is 49.2 Å². The third-order valence-electron chi connectivity index (χ3n) is 4.25. The summed E-state index contributed by atoms with van der Waals surface area (Å²) in [5, 5.41) is 10.8. The maximum Gasteiger partial charge on any atom is 0.191 e. The van der Waals surface area contributed by atoms with E-state index in [1.54, 1.807) is 7.05 Å². The van der Waals surface area contributed by atoms with Gasteiger partial charge in [-0.2, -0.15) is 0 Å². The molecule has 0 bridgehead atoms. The molecule has 0 fully saturated rings. The molecule has 0 spiro atoms. The van der Waals surface area contributed by atoms with Crippen LogP contribution in [0.1, 0.15) is 57.9 Å². The highest BCUT2D eigenvalue weighted by Crippen LogP contribution is 2.22. The first kappa shape index (κ1) is 23.2. The molecule has 0 saturated heterocycles. The number of guanidine groups is 1. The Morgan fingerprint density at radius 1 is 1.21 bits per heavy atom. The van der Waals surface area contributed by atoms with Crippen LogP contribution in [0.25, 0.3) is 0 Å². The molecule has 1 aromatic rings. The first-order valence-corrected chi connectivity index (χ1v) is 8.80. The smallest absolute Gasteiger partial charge is 0.191 e. The highest BCUT2D eigenvalue weighted by molar-refractivity contribution is 14.0. The molecule has 0 saturated carbocycles. The van der Waals surface area contributed by atoms with Crippen molar-refractivity contribution in [3.05, 3.63) is 17.5 Å². The molecule has 0 aliphatic heterocycles. The molecule has 0 amide bonds. The van der Waals surface area contributed by atoms with Crippen molar-refractivity contribution in [2.24, 2.45) is 4.99 Å². The Bertz CT molecular complexity index is 456. The predicted molar refractivity (Wildman–Crippen MR) is 111 cm³/mol. The second kappa shape index (κ2) is 13.5. The number of rotatable bonds is 10. The Morgan fingerprint density at radius 2 is 1.88 bits per heavy atom. The van der Waals surface area contributed by atoms with Gasteiger partial charge in [-0.3, -0.25) is 4.99 Å². The number of nitrogens with zero attached hydrogens (tertiary/aromatic N) is 3. The monoisotopic (exact) mass is 451 g/mol. The van der Waals surface area contributed by atoms with Gasteiger partial charge in [0.05, 0.1) is 12.2 Å². The number of hydrogen-bond acceptors (Lipinski definition) is 4. The van der Waals surface area contributed by atoms with Crippen molar-refractivity contribution < 1.29 is 4.52 Å². The number of likely N-dealkylation sites (N-methyl/N-ethyl adjacent to an activating group) is 1. The number of halogens is 1. The van der Waals surface area contributed by atoms with Crippen LogP contribution < -0.4 is 10.6 Å². The molecule has 140 valence electrons. The topological polar surface area (TPSA) is 65.7 Å². The Hall–Kier alpha value is -0.830. The summed E-state index contributed by atoms with van der Waals surface area (Å²) in [6, 6.07) is 2.05. The summed E-state index contributed by atoms with van der Waals surface area (Å²) >= 11 is 0. The van der Waals surface area contributed by atoms with Gasteiger partial charge in [0.2, 0.25) is 0 Å². The molecule has 0 radical (unpaired) electrons. The van der Waals surface area contributed by atoms with E-state index in [1.165, 1.54) is 0 Å². The summed E-state index contributed by atoms with van der Waals surface area (Å²) in [6.45, 7) is 13.3. The fourth-order valence-electron chi connectivity index (χ4n) is 2.58. The van der Waals surface area contributed by atoms with Gasteiger partial charge in [-0.25, -0.2) is 0 Å². The average molecular weight is 451 g/mol. The van der Waals surface area contributed by atoms with Crippen molar-refractivity contribution in [3.63, 3.8) is 0 Å². The molecule has 0 aromatic carbocycles. The van der Waals surface area contributed by atoms with Gasteiger partial charge in [-0.1, -0.05) is 32.9 Å². The summed E-state index contributed by atoms with van der Waals surface area (Å²) in [6.07, 6.45) is 2.18.